The van der Waals surface area contributed by atoms with Crippen molar-refractivity contribution in [2.24, 2.45) is 5.92 Å². The van der Waals surface area contributed by atoms with E-state index in [1.807, 2.05) is 12.1 Å². The number of carbonyl (C=O) groups excluding carboxylic acids is 1. The number of urea groups is 1. The van der Waals surface area contributed by atoms with Gasteiger partial charge in [0.15, 0.2) is 0 Å². The molecule has 1 saturated carbocycles. The maximum atomic E-state index is 11.4. The summed E-state index contributed by atoms with van der Waals surface area (Å²) in [6.45, 7) is 0. The fraction of sp³-hybridized carbons (Fsp3) is 0.364. The lowest BCUT2D eigenvalue weighted by Gasteiger charge is -2.27. The quantitative estimate of drug-likeness (QED) is 0.754. The van der Waals surface area contributed by atoms with Crippen molar-refractivity contribution in [1.29, 1.82) is 0 Å². The topological polar surface area (TPSA) is 41.1 Å². The lowest BCUT2D eigenvalue weighted by molar-refractivity contribution is 0.245. The third kappa shape index (κ3) is 1.47. The minimum Gasteiger partial charge on any atom is -0.331 e. The molecule has 4 heteroatoms. The van der Waals surface area contributed by atoms with Crippen LogP contribution >= 0.6 is 11.6 Å². The van der Waals surface area contributed by atoms with Gasteiger partial charge in [0.25, 0.3) is 0 Å². The van der Waals surface area contributed by atoms with Crippen LogP contribution in [0.4, 0.5) is 10.5 Å². The summed E-state index contributed by atoms with van der Waals surface area (Å²) in [7, 11) is 0. The maximum absolute atomic E-state index is 11.4. The molecule has 78 valence electrons. The number of para-hydroxylation sites is 1. The largest absolute Gasteiger partial charge is 0.331 e. The molecule has 0 saturated heterocycles. The van der Waals surface area contributed by atoms with E-state index < -0.39 is 0 Å². The number of fused-ring (bicyclic) bond motifs is 1. The van der Waals surface area contributed by atoms with Crippen molar-refractivity contribution in [3.8, 4) is 0 Å². The summed E-state index contributed by atoms with van der Waals surface area (Å²) in [6.07, 6.45) is 2.38. The number of halogens is 1. The molecule has 2 N–H and O–H groups in total. The fourth-order valence-electron chi connectivity index (χ4n) is 2.10. The summed E-state index contributed by atoms with van der Waals surface area (Å²) in [6, 6.07) is 5.75. The van der Waals surface area contributed by atoms with Gasteiger partial charge in [0.05, 0.1) is 16.8 Å². The first-order valence-corrected chi connectivity index (χ1v) is 5.49. The molecule has 1 aromatic rings. The van der Waals surface area contributed by atoms with Crippen LogP contribution in [0.1, 0.15) is 24.4 Å². The van der Waals surface area contributed by atoms with Crippen LogP contribution in [0.2, 0.25) is 5.02 Å². The highest BCUT2D eigenvalue weighted by atomic mass is 35.5. The number of hydrogen-bond acceptors (Lipinski definition) is 1. The van der Waals surface area contributed by atoms with Gasteiger partial charge < -0.3 is 10.6 Å². The predicted molar refractivity (Wildman–Crippen MR) is 59.1 cm³/mol. The summed E-state index contributed by atoms with van der Waals surface area (Å²) in [5.74, 6) is 0.591. The number of hydrogen-bond donors (Lipinski definition) is 2. The van der Waals surface area contributed by atoms with Crippen molar-refractivity contribution in [3.63, 3.8) is 0 Å². The molecule has 2 amide bonds. The number of amides is 2. The minimum absolute atomic E-state index is 0.146. The number of carbonyl (C=O) groups is 1. The van der Waals surface area contributed by atoms with Gasteiger partial charge in [-0.3, -0.25) is 0 Å². The molecule has 1 fully saturated rings. The van der Waals surface area contributed by atoms with Gasteiger partial charge in [-0.25, -0.2) is 4.79 Å². The van der Waals surface area contributed by atoms with E-state index in [1.54, 1.807) is 6.07 Å². The number of nitrogens with one attached hydrogen (secondary N) is 2. The fourth-order valence-corrected chi connectivity index (χ4v) is 2.33. The highest BCUT2D eigenvalue weighted by Gasteiger charge is 2.37. The van der Waals surface area contributed by atoms with Crippen LogP contribution in [0.3, 0.4) is 0 Å². The summed E-state index contributed by atoms with van der Waals surface area (Å²) >= 11 is 6.06. The molecule has 0 radical (unpaired) electrons. The smallest absolute Gasteiger partial charge is 0.319 e. The van der Waals surface area contributed by atoms with E-state index in [4.69, 9.17) is 11.6 Å². The van der Waals surface area contributed by atoms with E-state index in [0.717, 1.165) is 11.3 Å². The monoisotopic (exact) mass is 222 g/mol. The second kappa shape index (κ2) is 3.14. The zero-order valence-corrected chi connectivity index (χ0v) is 8.84. The first-order chi connectivity index (χ1) is 7.25. The zero-order valence-electron chi connectivity index (χ0n) is 8.09. The first-order valence-electron chi connectivity index (χ1n) is 5.11. The van der Waals surface area contributed by atoms with Gasteiger partial charge in [-0.05, 0) is 30.4 Å². The molecule has 0 bridgehead atoms. The van der Waals surface area contributed by atoms with Gasteiger partial charge >= 0.3 is 6.03 Å². The predicted octanol–water partition coefficient (Wildman–Crippen LogP) is 2.93. The average Bonchev–Trinajstić information content (AvgIpc) is 3.02. The molecular weight excluding hydrogens is 212 g/mol. The first kappa shape index (κ1) is 9.04. The van der Waals surface area contributed by atoms with Crippen LogP contribution in [-0.4, -0.2) is 6.03 Å². The molecule has 1 atom stereocenters. The SMILES string of the molecule is O=C1Nc2c(Cl)cccc2C(C2CC2)N1. The van der Waals surface area contributed by atoms with E-state index in [9.17, 15) is 4.79 Å². The summed E-state index contributed by atoms with van der Waals surface area (Å²) < 4.78 is 0. The molecule has 3 nitrogen and oxygen atoms in total. The van der Waals surface area contributed by atoms with Crippen LogP contribution < -0.4 is 10.6 Å². The van der Waals surface area contributed by atoms with Gasteiger partial charge in [0.2, 0.25) is 0 Å². The minimum atomic E-state index is -0.146. The Morgan fingerprint density at radius 2 is 2.13 bits per heavy atom. The van der Waals surface area contributed by atoms with Gasteiger partial charge in [-0.2, -0.15) is 0 Å². The maximum Gasteiger partial charge on any atom is 0.319 e. The van der Waals surface area contributed by atoms with E-state index in [1.165, 1.54) is 12.8 Å². The van der Waals surface area contributed by atoms with Crippen LogP contribution in [0.15, 0.2) is 18.2 Å². The second-order valence-electron chi connectivity index (χ2n) is 4.12. The lowest BCUT2D eigenvalue weighted by atomic mass is 9.99. The molecule has 1 aliphatic heterocycles. The molecule has 1 aromatic carbocycles. The number of rotatable bonds is 1. The summed E-state index contributed by atoms with van der Waals surface area (Å²) in [5.41, 5.74) is 1.89. The standard InChI is InChI=1S/C11H11ClN2O/c12-8-3-1-2-7-9(6-4-5-6)13-11(15)14-10(7)8/h1-3,6,9H,4-5H2,(H2,13,14,15). The van der Waals surface area contributed by atoms with E-state index in [2.05, 4.69) is 10.6 Å². The Bertz CT molecular complexity index is 429. The molecule has 1 unspecified atom stereocenters. The van der Waals surface area contributed by atoms with Crippen molar-refractivity contribution in [2.75, 3.05) is 5.32 Å². The van der Waals surface area contributed by atoms with Gasteiger partial charge in [-0.1, -0.05) is 23.7 Å². The van der Waals surface area contributed by atoms with E-state index in [-0.39, 0.29) is 12.1 Å². The Morgan fingerprint density at radius 3 is 2.87 bits per heavy atom. The molecule has 1 heterocycles. The van der Waals surface area contributed by atoms with Crippen molar-refractivity contribution < 1.29 is 4.79 Å². The highest BCUT2D eigenvalue weighted by Crippen LogP contribution is 2.45. The molecule has 3 rings (SSSR count). The van der Waals surface area contributed by atoms with Crippen LogP contribution in [0.25, 0.3) is 0 Å². The molecular formula is C11H11ClN2O. The normalized spacial score (nSPS) is 24.1. The van der Waals surface area contributed by atoms with E-state index >= 15 is 0 Å². The lowest BCUT2D eigenvalue weighted by Crippen LogP contribution is -2.38. The highest BCUT2D eigenvalue weighted by molar-refractivity contribution is 6.34. The number of anilines is 1. The Balaban J connectivity index is 2.09. The molecule has 1 aliphatic carbocycles. The van der Waals surface area contributed by atoms with Crippen LogP contribution in [0.5, 0.6) is 0 Å². The Morgan fingerprint density at radius 1 is 1.33 bits per heavy atom. The van der Waals surface area contributed by atoms with Crippen LogP contribution in [-0.2, 0) is 0 Å². The second-order valence-corrected chi connectivity index (χ2v) is 4.52. The molecule has 0 aromatic heterocycles. The molecule has 0 spiro atoms. The van der Waals surface area contributed by atoms with Crippen molar-refractivity contribution in [2.45, 2.75) is 18.9 Å². The van der Waals surface area contributed by atoms with Crippen molar-refractivity contribution in [1.82, 2.24) is 5.32 Å². The van der Waals surface area contributed by atoms with Crippen molar-refractivity contribution in [3.05, 3.63) is 28.8 Å². The van der Waals surface area contributed by atoms with Crippen molar-refractivity contribution >= 4 is 23.3 Å². The third-order valence-electron chi connectivity index (χ3n) is 3.00. The molecule has 15 heavy (non-hydrogen) atoms. The Hall–Kier alpha value is -1.22. The molecule has 2 aliphatic rings. The van der Waals surface area contributed by atoms with Crippen LogP contribution in [0, 0.1) is 5.92 Å². The summed E-state index contributed by atoms with van der Waals surface area (Å²) in [4.78, 5) is 11.4. The average molecular weight is 223 g/mol. The van der Waals surface area contributed by atoms with Gasteiger partial charge in [0.1, 0.15) is 0 Å². The van der Waals surface area contributed by atoms with Gasteiger partial charge in [0, 0.05) is 0 Å². The summed E-state index contributed by atoms with van der Waals surface area (Å²) in [5, 5.41) is 6.33. The Kier molecular flexibility index (Phi) is 1.89. The Labute approximate surface area is 92.8 Å². The van der Waals surface area contributed by atoms with Gasteiger partial charge in [-0.15, -0.1) is 0 Å². The number of benzene rings is 1. The van der Waals surface area contributed by atoms with E-state index in [0.29, 0.717) is 10.9 Å². The zero-order chi connectivity index (χ0) is 10.4. The third-order valence-corrected chi connectivity index (χ3v) is 3.31.